The summed E-state index contributed by atoms with van der Waals surface area (Å²) < 4.78 is 0. The summed E-state index contributed by atoms with van der Waals surface area (Å²) in [6.45, 7) is 4.32. The molecule has 1 aromatic carbocycles. The zero-order valence-corrected chi connectivity index (χ0v) is 9.29. The Hall–Kier alpha value is -1.22. The first-order valence-electron chi connectivity index (χ1n) is 5.63. The molecule has 3 N–H and O–H groups in total. The Bertz CT molecular complexity index is 330. The molecular formula is C12H19N3. The fraction of sp³-hybridized carbons (Fsp3) is 0.500. The van der Waals surface area contributed by atoms with Gasteiger partial charge in [0.15, 0.2) is 0 Å². The van der Waals surface area contributed by atoms with E-state index in [0.717, 1.165) is 30.0 Å². The molecule has 0 unspecified atom stereocenters. The van der Waals surface area contributed by atoms with Crippen LogP contribution in [-0.2, 0) is 0 Å². The lowest BCUT2D eigenvalue weighted by atomic mass is 10.1. The van der Waals surface area contributed by atoms with Crippen molar-refractivity contribution in [2.75, 3.05) is 24.2 Å². The number of hydrogen-bond acceptors (Lipinski definition) is 3. The summed E-state index contributed by atoms with van der Waals surface area (Å²) in [5.74, 6) is 0. The SMILES string of the molecule is Cc1cc(NN2CCCCC2)ccc1N. The summed E-state index contributed by atoms with van der Waals surface area (Å²) in [6.07, 6.45) is 3.95. The zero-order valence-electron chi connectivity index (χ0n) is 9.29. The summed E-state index contributed by atoms with van der Waals surface area (Å²) in [5.41, 5.74) is 12.3. The van der Waals surface area contributed by atoms with Gasteiger partial charge in [0.1, 0.15) is 0 Å². The molecule has 15 heavy (non-hydrogen) atoms. The minimum atomic E-state index is 0.860. The minimum Gasteiger partial charge on any atom is -0.399 e. The predicted molar refractivity (Wildman–Crippen MR) is 64.6 cm³/mol. The maximum absolute atomic E-state index is 5.78. The lowest BCUT2D eigenvalue weighted by Crippen LogP contribution is -2.34. The number of hydrogen-bond donors (Lipinski definition) is 2. The van der Waals surface area contributed by atoms with Gasteiger partial charge in [-0.1, -0.05) is 6.42 Å². The normalized spacial score (nSPS) is 17.7. The third-order valence-corrected chi connectivity index (χ3v) is 2.91. The van der Waals surface area contributed by atoms with E-state index in [4.69, 9.17) is 5.73 Å². The molecule has 1 fully saturated rings. The summed E-state index contributed by atoms with van der Waals surface area (Å²) >= 11 is 0. The van der Waals surface area contributed by atoms with Crippen molar-refractivity contribution in [1.29, 1.82) is 0 Å². The highest BCUT2D eigenvalue weighted by Gasteiger charge is 2.09. The van der Waals surface area contributed by atoms with Gasteiger partial charge in [-0.05, 0) is 43.5 Å². The van der Waals surface area contributed by atoms with E-state index in [1.54, 1.807) is 0 Å². The van der Waals surface area contributed by atoms with Gasteiger partial charge in [-0.3, -0.25) is 0 Å². The van der Waals surface area contributed by atoms with Gasteiger partial charge in [0.2, 0.25) is 0 Å². The van der Waals surface area contributed by atoms with E-state index in [9.17, 15) is 0 Å². The smallest absolute Gasteiger partial charge is 0.0494 e. The highest BCUT2D eigenvalue weighted by atomic mass is 15.5. The summed E-state index contributed by atoms with van der Waals surface area (Å²) in [6, 6.07) is 6.10. The van der Waals surface area contributed by atoms with Crippen LogP contribution in [0.4, 0.5) is 11.4 Å². The minimum absolute atomic E-state index is 0.860. The number of anilines is 2. The van der Waals surface area contributed by atoms with Gasteiger partial charge in [-0.2, -0.15) is 0 Å². The van der Waals surface area contributed by atoms with E-state index in [-0.39, 0.29) is 0 Å². The third-order valence-electron chi connectivity index (χ3n) is 2.91. The van der Waals surface area contributed by atoms with Crippen molar-refractivity contribution >= 4 is 11.4 Å². The molecule has 3 nitrogen and oxygen atoms in total. The molecule has 1 aliphatic rings. The largest absolute Gasteiger partial charge is 0.399 e. The fourth-order valence-electron chi connectivity index (χ4n) is 1.93. The molecule has 1 heterocycles. The highest BCUT2D eigenvalue weighted by molar-refractivity contribution is 5.56. The van der Waals surface area contributed by atoms with Crippen LogP contribution in [0, 0.1) is 6.92 Å². The Kier molecular flexibility index (Phi) is 3.11. The van der Waals surface area contributed by atoms with Crippen molar-refractivity contribution in [3.8, 4) is 0 Å². The Labute approximate surface area is 91.2 Å². The quantitative estimate of drug-likeness (QED) is 0.728. The first-order chi connectivity index (χ1) is 7.25. The van der Waals surface area contributed by atoms with Crippen LogP contribution in [0.3, 0.4) is 0 Å². The van der Waals surface area contributed by atoms with Crippen molar-refractivity contribution in [2.24, 2.45) is 0 Å². The van der Waals surface area contributed by atoms with Gasteiger partial charge in [-0.25, -0.2) is 5.01 Å². The van der Waals surface area contributed by atoms with E-state index < -0.39 is 0 Å². The van der Waals surface area contributed by atoms with Crippen LogP contribution in [0.1, 0.15) is 24.8 Å². The van der Waals surface area contributed by atoms with Crippen molar-refractivity contribution in [2.45, 2.75) is 26.2 Å². The van der Waals surface area contributed by atoms with Crippen molar-refractivity contribution < 1.29 is 0 Å². The van der Waals surface area contributed by atoms with E-state index in [1.165, 1.54) is 19.3 Å². The Morgan fingerprint density at radius 1 is 1.20 bits per heavy atom. The molecule has 0 spiro atoms. The molecule has 0 aliphatic carbocycles. The Balaban J connectivity index is 2.00. The molecule has 0 bridgehead atoms. The van der Waals surface area contributed by atoms with E-state index in [2.05, 4.69) is 16.5 Å². The number of nitrogens with zero attached hydrogens (tertiary/aromatic N) is 1. The van der Waals surface area contributed by atoms with Crippen molar-refractivity contribution in [1.82, 2.24) is 5.01 Å². The standard InChI is InChI=1S/C12H19N3/c1-10-9-11(5-6-12(10)13)14-15-7-3-2-4-8-15/h5-6,9,14H,2-4,7-8,13H2,1H3. The second-order valence-corrected chi connectivity index (χ2v) is 4.23. The molecule has 2 rings (SSSR count). The lowest BCUT2D eigenvalue weighted by molar-refractivity contribution is 0.273. The Morgan fingerprint density at radius 3 is 2.60 bits per heavy atom. The highest BCUT2D eigenvalue weighted by Crippen LogP contribution is 2.18. The number of rotatable bonds is 2. The van der Waals surface area contributed by atoms with Gasteiger partial charge in [-0.15, -0.1) is 0 Å². The monoisotopic (exact) mass is 205 g/mol. The van der Waals surface area contributed by atoms with Crippen LogP contribution in [0.2, 0.25) is 0 Å². The van der Waals surface area contributed by atoms with Gasteiger partial charge in [0.25, 0.3) is 0 Å². The average molecular weight is 205 g/mol. The third kappa shape index (κ3) is 2.63. The molecule has 1 saturated heterocycles. The summed E-state index contributed by atoms with van der Waals surface area (Å²) in [7, 11) is 0. The zero-order chi connectivity index (χ0) is 10.7. The van der Waals surface area contributed by atoms with Crippen molar-refractivity contribution in [3.05, 3.63) is 23.8 Å². The molecule has 0 atom stereocenters. The first-order valence-corrected chi connectivity index (χ1v) is 5.63. The second-order valence-electron chi connectivity index (χ2n) is 4.23. The van der Waals surface area contributed by atoms with Crippen LogP contribution in [0.25, 0.3) is 0 Å². The molecule has 0 amide bonds. The molecule has 1 aromatic rings. The molecular weight excluding hydrogens is 186 g/mol. The second kappa shape index (κ2) is 4.53. The number of piperidine rings is 1. The molecule has 0 radical (unpaired) electrons. The number of nitrogen functional groups attached to an aromatic ring is 1. The van der Waals surface area contributed by atoms with E-state index in [0.29, 0.717) is 0 Å². The van der Waals surface area contributed by atoms with Gasteiger partial charge < -0.3 is 11.2 Å². The lowest BCUT2D eigenvalue weighted by Gasteiger charge is -2.28. The number of nitrogens with two attached hydrogens (primary N) is 1. The van der Waals surface area contributed by atoms with Gasteiger partial charge in [0, 0.05) is 24.5 Å². The van der Waals surface area contributed by atoms with Gasteiger partial charge >= 0.3 is 0 Å². The maximum atomic E-state index is 5.78. The average Bonchev–Trinajstić information content (AvgIpc) is 2.25. The fourth-order valence-corrected chi connectivity index (χ4v) is 1.93. The molecule has 82 valence electrons. The van der Waals surface area contributed by atoms with E-state index >= 15 is 0 Å². The number of benzene rings is 1. The number of hydrazine groups is 1. The predicted octanol–water partition coefficient (Wildman–Crippen LogP) is 2.39. The molecule has 1 aliphatic heterocycles. The molecule has 3 heteroatoms. The van der Waals surface area contributed by atoms with Crippen LogP contribution in [0.15, 0.2) is 18.2 Å². The van der Waals surface area contributed by atoms with Gasteiger partial charge in [0.05, 0.1) is 0 Å². The summed E-state index contributed by atoms with van der Waals surface area (Å²) in [5, 5.41) is 2.29. The molecule has 0 aromatic heterocycles. The molecule has 0 saturated carbocycles. The topological polar surface area (TPSA) is 41.3 Å². The first kappa shape index (κ1) is 10.3. The summed E-state index contributed by atoms with van der Waals surface area (Å²) in [4.78, 5) is 0. The van der Waals surface area contributed by atoms with Crippen LogP contribution >= 0.6 is 0 Å². The van der Waals surface area contributed by atoms with E-state index in [1.807, 2.05) is 19.1 Å². The van der Waals surface area contributed by atoms with Crippen molar-refractivity contribution in [3.63, 3.8) is 0 Å². The number of aryl methyl sites for hydroxylation is 1. The van der Waals surface area contributed by atoms with Crippen LogP contribution in [-0.4, -0.2) is 18.1 Å². The number of nitrogens with one attached hydrogen (secondary N) is 1. The van der Waals surface area contributed by atoms with Crippen LogP contribution < -0.4 is 11.2 Å². The Morgan fingerprint density at radius 2 is 1.93 bits per heavy atom. The van der Waals surface area contributed by atoms with Crippen LogP contribution in [0.5, 0.6) is 0 Å². The maximum Gasteiger partial charge on any atom is 0.0494 e.